The Labute approximate surface area is 310 Å². The third kappa shape index (κ3) is 4.90. The van der Waals surface area contributed by atoms with Gasteiger partial charge in [-0.1, -0.05) is 176 Å². The van der Waals surface area contributed by atoms with E-state index in [9.17, 15) is 0 Å². The van der Waals surface area contributed by atoms with Gasteiger partial charge in [0.15, 0.2) is 0 Å². The molecule has 0 bridgehead atoms. The lowest BCUT2D eigenvalue weighted by atomic mass is 9.82. The van der Waals surface area contributed by atoms with Crippen molar-refractivity contribution < 1.29 is 0 Å². The van der Waals surface area contributed by atoms with Crippen molar-refractivity contribution in [3.05, 3.63) is 227 Å². The predicted octanol–water partition coefficient (Wildman–Crippen LogP) is 13.6. The molecule has 248 valence electrons. The van der Waals surface area contributed by atoms with Crippen molar-refractivity contribution in [1.29, 1.82) is 0 Å². The van der Waals surface area contributed by atoms with E-state index in [0.29, 0.717) is 0 Å². The lowest BCUT2D eigenvalue weighted by Gasteiger charge is -2.21. The van der Waals surface area contributed by atoms with Crippen LogP contribution in [0.4, 0.5) is 0 Å². The van der Waals surface area contributed by atoms with Gasteiger partial charge in [-0.3, -0.25) is 0 Å². The number of fused-ring (bicyclic) bond motifs is 8. The van der Waals surface area contributed by atoms with Gasteiger partial charge in [0.2, 0.25) is 0 Å². The van der Waals surface area contributed by atoms with Gasteiger partial charge in [-0.25, -0.2) is 0 Å². The first-order valence-electron chi connectivity index (χ1n) is 18.8. The van der Waals surface area contributed by atoms with Crippen LogP contribution in [-0.4, -0.2) is 0 Å². The van der Waals surface area contributed by atoms with E-state index >= 15 is 0 Å². The molecular formula is C53H36. The van der Waals surface area contributed by atoms with Gasteiger partial charge in [-0.2, -0.15) is 0 Å². The van der Waals surface area contributed by atoms with Crippen molar-refractivity contribution in [3.63, 3.8) is 0 Å². The second kappa shape index (κ2) is 12.0. The van der Waals surface area contributed by atoms with E-state index in [1.165, 1.54) is 105 Å². The zero-order valence-corrected chi connectivity index (χ0v) is 29.4. The number of benzene rings is 9. The van der Waals surface area contributed by atoms with E-state index < -0.39 is 0 Å². The molecule has 1 unspecified atom stereocenters. The van der Waals surface area contributed by atoms with Crippen LogP contribution in [0.25, 0.3) is 66.1 Å². The summed E-state index contributed by atoms with van der Waals surface area (Å²) in [4.78, 5) is 0. The minimum Gasteiger partial charge on any atom is -0.0622 e. The average Bonchev–Trinajstić information content (AvgIpc) is 3.79. The summed E-state index contributed by atoms with van der Waals surface area (Å²) in [5, 5.41) is 5.19. The van der Waals surface area contributed by atoms with Crippen LogP contribution in [0.15, 0.2) is 188 Å². The van der Waals surface area contributed by atoms with Crippen molar-refractivity contribution in [2.45, 2.75) is 18.8 Å². The van der Waals surface area contributed by atoms with Gasteiger partial charge in [-0.05, 0) is 130 Å². The van der Waals surface area contributed by atoms with E-state index in [4.69, 9.17) is 0 Å². The quantitative estimate of drug-likeness (QED) is 0.160. The molecule has 11 rings (SSSR count). The Morgan fingerprint density at radius 1 is 0.321 bits per heavy atom. The van der Waals surface area contributed by atoms with Crippen molar-refractivity contribution in [2.24, 2.45) is 0 Å². The molecule has 0 N–H and O–H groups in total. The van der Waals surface area contributed by atoms with Gasteiger partial charge in [0.25, 0.3) is 0 Å². The fourth-order valence-electron chi connectivity index (χ4n) is 9.35. The summed E-state index contributed by atoms with van der Waals surface area (Å²) in [5.41, 5.74) is 20.5. The van der Waals surface area contributed by atoms with Crippen molar-refractivity contribution in [3.8, 4) is 44.5 Å². The summed E-state index contributed by atoms with van der Waals surface area (Å²) in [5.74, 6) is 0.0922. The second-order valence-electron chi connectivity index (χ2n) is 14.8. The van der Waals surface area contributed by atoms with Crippen molar-refractivity contribution in [1.82, 2.24) is 0 Å². The Bertz CT molecular complexity index is 2870. The van der Waals surface area contributed by atoms with Gasteiger partial charge in [0, 0.05) is 5.92 Å². The van der Waals surface area contributed by atoms with Gasteiger partial charge < -0.3 is 0 Å². The fraction of sp³-hybridized carbons (Fsp3) is 0.0566. The molecule has 2 aliphatic rings. The number of hydrogen-bond donors (Lipinski definition) is 0. The van der Waals surface area contributed by atoms with E-state index in [2.05, 4.69) is 188 Å². The topological polar surface area (TPSA) is 0 Å². The smallest absolute Gasteiger partial charge is 0.0340 e. The summed E-state index contributed by atoms with van der Waals surface area (Å²) in [6.45, 7) is 0. The maximum atomic E-state index is 2.51. The largest absolute Gasteiger partial charge is 0.0622 e. The fourth-order valence-corrected chi connectivity index (χ4v) is 9.35. The molecule has 0 heteroatoms. The molecule has 9 aromatic rings. The summed E-state index contributed by atoms with van der Waals surface area (Å²) in [6, 6.07) is 70.3. The lowest BCUT2D eigenvalue weighted by Crippen LogP contribution is -2.04. The monoisotopic (exact) mass is 672 g/mol. The number of hydrogen-bond acceptors (Lipinski definition) is 0. The molecule has 0 heterocycles. The third-order valence-electron chi connectivity index (χ3n) is 11.9. The summed E-state index contributed by atoms with van der Waals surface area (Å²) in [7, 11) is 0. The molecule has 9 aromatic carbocycles. The van der Waals surface area contributed by atoms with Gasteiger partial charge in [0.1, 0.15) is 0 Å². The van der Waals surface area contributed by atoms with Crippen LogP contribution in [-0.2, 0) is 12.8 Å². The molecule has 0 radical (unpaired) electrons. The molecular weight excluding hydrogens is 637 g/mol. The first-order chi connectivity index (χ1) is 26.3. The van der Waals surface area contributed by atoms with Crippen LogP contribution < -0.4 is 0 Å². The van der Waals surface area contributed by atoms with Gasteiger partial charge in [-0.15, -0.1) is 0 Å². The van der Waals surface area contributed by atoms with Crippen LogP contribution in [0.3, 0.4) is 0 Å². The molecule has 0 aromatic heterocycles. The Kier molecular flexibility index (Phi) is 6.85. The van der Waals surface area contributed by atoms with Crippen LogP contribution >= 0.6 is 0 Å². The molecule has 1 atom stereocenters. The highest BCUT2D eigenvalue weighted by Gasteiger charge is 2.29. The maximum Gasteiger partial charge on any atom is 0.0340 e. The minimum absolute atomic E-state index is 0.0922. The molecule has 0 nitrogen and oxygen atoms in total. The molecule has 53 heavy (non-hydrogen) atoms. The molecule has 0 spiro atoms. The average molecular weight is 673 g/mol. The zero-order valence-electron chi connectivity index (χ0n) is 29.4. The van der Waals surface area contributed by atoms with Gasteiger partial charge >= 0.3 is 0 Å². The molecule has 0 saturated carbocycles. The standard InChI is InChI=1S/C53H36/c1-2-11-34(12-3-1)36-21-24-37(25-22-36)52(42-27-23-35-13-4-5-14-38(35)29-42)43-28-26-41-32-51-50(48(41)33-43)31-40-16-7-9-18-45(40)53(51)47-20-10-19-46-44-17-8-6-15-39(44)30-49(46)47/h1-29,31,33,52H,30,32H2. The molecule has 0 fully saturated rings. The Morgan fingerprint density at radius 3 is 1.83 bits per heavy atom. The molecule has 0 aliphatic heterocycles. The number of rotatable bonds is 5. The SMILES string of the molecule is c1ccc(-c2ccc(C(c3ccc4c(c3)-c3cc5ccccc5c(-c5cccc6c5Cc5ccccc5-6)c3C4)c3ccc4ccccc4c3)cc2)cc1. The van der Waals surface area contributed by atoms with E-state index in [1.54, 1.807) is 0 Å². The highest BCUT2D eigenvalue weighted by Crippen LogP contribution is 2.50. The molecule has 0 saturated heterocycles. The summed E-state index contributed by atoms with van der Waals surface area (Å²) in [6.07, 6.45) is 1.92. The first kappa shape index (κ1) is 30.2. The Balaban J connectivity index is 1.08. The summed E-state index contributed by atoms with van der Waals surface area (Å²) < 4.78 is 0. The maximum absolute atomic E-state index is 2.51. The third-order valence-corrected chi connectivity index (χ3v) is 11.9. The van der Waals surface area contributed by atoms with E-state index in [0.717, 1.165) is 12.8 Å². The van der Waals surface area contributed by atoms with E-state index in [1.807, 2.05) is 0 Å². The lowest BCUT2D eigenvalue weighted by molar-refractivity contribution is 0.979. The Morgan fingerprint density at radius 2 is 0.943 bits per heavy atom. The van der Waals surface area contributed by atoms with E-state index in [-0.39, 0.29) is 5.92 Å². The zero-order chi connectivity index (χ0) is 34.9. The highest BCUT2D eigenvalue weighted by atomic mass is 14.3. The van der Waals surface area contributed by atoms with Crippen LogP contribution in [0.1, 0.15) is 44.9 Å². The highest BCUT2D eigenvalue weighted by molar-refractivity contribution is 6.06. The molecule has 2 aliphatic carbocycles. The summed E-state index contributed by atoms with van der Waals surface area (Å²) >= 11 is 0. The van der Waals surface area contributed by atoms with Crippen LogP contribution in [0.2, 0.25) is 0 Å². The van der Waals surface area contributed by atoms with Crippen molar-refractivity contribution >= 4 is 21.5 Å². The predicted molar refractivity (Wildman–Crippen MR) is 223 cm³/mol. The normalized spacial score (nSPS) is 13.1. The first-order valence-corrected chi connectivity index (χ1v) is 18.8. The van der Waals surface area contributed by atoms with Gasteiger partial charge in [0.05, 0.1) is 0 Å². The molecule has 0 amide bonds. The minimum atomic E-state index is 0.0922. The second-order valence-corrected chi connectivity index (χ2v) is 14.8. The Hall–Kier alpha value is -6.50. The van der Waals surface area contributed by atoms with Crippen molar-refractivity contribution in [2.75, 3.05) is 0 Å². The van der Waals surface area contributed by atoms with Crippen LogP contribution in [0, 0.1) is 0 Å². The van der Waals surface area contributed by atoms with Crippen LogP contribution in [0.5, 0.6) is 0 Å².